The number of halogens is 2. The van der Waals surface area contributed by atoms with E-state index in [0.29, 0.717) is 50.3 Å². The van der Waals surface area contributed by atoms with Gasteiger partial charge in [-0.2, -0.15) is 10.2 Å². The van der Waals surface area contributed by atoms with Gasteiger partial charge in [0.2, 0.25) is 5.91 Å². The molecule has 0 unspecified atom stereocenters. The lowest BCUT2D eigenvalue weighted by atomic mass is 9.92. The van der Waals surface area contributed by atoms with Crippen molar-refractivity contribution in [3.8, 4) is 11.1 Å². The van der Waals surface area contributed by atoms with Crippen LogP contribution in [0, 0.1) is 0 Å². The molecule has 1 aromatic carbocycles. The van der Waals surface area contributed by atoms with Crippen LogP contribution in [0.5, 0.6) is 0 Å². The molecule has 2 fully saturated rings. The number of piperidine rings is 1. The number of hydrogen-bond acceptors (Lipinski definition) is 7. The van der Waals surface area contributed by atoms with Crippen molar-refractivity contribution in [1.82, 2.24) is 29.4 Å². The Bertz CT molecular complexity index is 1750. The van der Waals surface area contributed by atoms with Gasteiger partial charge in [-0.1, -0.05) is 0 Å². The minimum atomic E-state index is -2.65. The van der Waals surface area contributed by atoms with E-state index in [-0.39, 0.29) is 35.8 Å². The van der Waals surface area contributed by atoms with Gasteiger partial charge >= 0.3 is 6.09 Å². The smallest absolute Gasteiger partial charge is 0.410 e. The molecule has 3 aliphatic heterocycles. The van der Waals surface area contributed by atoms with Crippen LogP contribution in [0.3, 0.4) is 0 Å². The second-order valence-corrected chi connectivity index (χ2v) is 15.6. The number of ether oxygens (including phenoxy) is 2. The van der Waals surface area contributed by atoms with Crippen LogP contribution in [0.1, 0.15) is 107 Å². The second-order valence-electron chi connectivity index (χ2n) is 15.6. The quantitative estimate of drug-likeness (QED) is 0.270. The highest BCUT2D eigenvalue weighted by Gasteiger charge is 2.36. The predicted molar refractivity (Wildman–Crippen MR) is 189 cm³/mol. The Hall–Kier alpha value is -4.00. The van der Waals surface area contributed by atoms with Gasteiger partial charge in [-0.05, 0) is 95.4 Å². The molecule has 13 heteroatoms. The van der Waals surface area contributed by atoms with Gasteiger partial charge in [0.25, 0.3) is 6.43 Å². The summed E-state index contributed by atoms with van der Waals surface area (Å²) in [6.45, 7) is 10.3. The van der Waals surface area contributed by atoms with Crippen molar-refractivity contribution >= 4 is 23.5 Å². The Morgan fingerprint density at radius 2 is 1.67 bits per heavy atom. The van der Waals surface area contributed by atoms with Crippen molar-refractivity contribution in [2.75, 3.05) is 31.1 Å². The topological polar surface area (TPSA) is 98.0 Å². The SMILES string of the molecule is CC(=O)N1CCc2c(c(N3CCCc4cc(-c5cnn(C)c5)c(C(F)F)cc43)nn2C2CCC(OC3CCN(C(=O)OC(C)(C)C)CC3)CC2)C1. The monoisotopic (exact) mass is 707 g/mol. The third-order valence-corrected chi connectivity index (χ3v) is 10.9. The predicted octanol–water partition coefficient (Wildman–Crippen LogP) is 7.11. The molecule has 276 valence electrons. The number of aromatic nitrogens is 4. The van der Waals surface area contributed by atoms with Gasteiger partial charge in [0.15, 0.2) is 5.82 Å². The molecule has 7 rings (SSSR count). The van der Waals surface area contributed by atoms with Crippen molar-refractivity contribution in [1.29, 1.82) is 0 Å². The molecule has 2 amide bonds. The van der Waals surface area contributed by atoms with Gasteiger partial charge in [-0.25, -0.2) is 13.6 Å². The van der Waals surface area contributed by atoms with Crippen LogP contribution in [0.15, 0.2) is 24.5 Å². The van der Waals surface area contributed by atoms with Crippen molar-refractivity contribution in [3.63, 3.8) is 0 Å². The number of carbonyl (C=O) groups excluding carboxylic acids is 2. The van der Waals surface area contributed by atoms with Crippen molar-refractivity contribution in [3.05, 3.63) is 46.9 Å². The van der Waals surface area contributed by atoms with Crippen LogP contribution in [0.2, 0.25) is 0 Å². The third kappa shape index (κ3) is 7.50. The maximum absolute atomic E-state index is 14.6. The Balaban J connectivity index is 1.09. The number of hydrogen-bond donors (Lipinski definition) is 0. The molecule has 0 bridgehead atoms. The first-order valence-corrected chi connectivity index (χ1v) is 18.5. The third-order valence-electron chi connectivity index (χ3n) is 10.9. The van der Waals surface area contributed by atoms with Gasteiger partial charge in [0, 0.05) is 80.8 Å². The Kier molecular flexibility index (Phi) is 9.86. The first-order chi connectivity index (χ1) is 24.3. The zero-order valence-electron chi connectivity index (χ0n) is 30.5. The number of aryl methyl sites for hydroxylation is 2. The number of benzene rings is 1. The number of amides is 2. The lowest BCUT2D eigenvalue weighted by molar-refractivity contribution is -0.129. The molecule has 0 radical (unpaired) electrons. The van der Waals surface area contributed by atoms with E-state index < -0.39 is 12.0 Å². The number of anilines is 2. The lowest BCUT2D eigenvalue weighted by Gasteiger charge is -2.37. The standard InChI is InChI=1S/C38H51F2N7O4/c1-24(48)45-18-14-33-32(23-45)36(46-15-6-7-25-19-30(26-21-41-43(5)22-26)31(35(39)40)20-34(25)46)42-47(33)27-8-10-28(11-9-27)50-29-12-16-44(17-13-29)37(49)51-38(2,3)4/h19-22,27-29,35H,6-18,23H2,1-5H3. The number of rotatable bonds is 6. The van der Waals surface area contributed by atoms with E-state index in [1.54, 1.807) is 42.0 Å². The molecular weight excluding hydrogens is 656 g/mol. The van der Waals surface area contributed by atoms with Crippen LogP contribution in [0.4, 0.5) is 25.1 Å². The molecule has 2 aromatic heterocycles. The fraction of sp³-hybridized carbons (Fsp3) is 0.632. The van der Waals surface area contributed by atoms with Crippen molar-refractivity contribution in [2.45, 2.75) is 122 Å². The van der Waals surface area contributed by atoms with Crippen molar-refractivity contribution < 1.29 is 27.8 Å². The Morgan fingerprint density at radius 1 is 0.941 bits per heavy atom. The molecule has 0 N–H and O–H groups in total. The summed E-state index contributed by atoms with van der Waals surface area (Å²) in [6.07, 6.45) is 8.44. The summed E-state index contributed by atoms with van der Waals surface area (Å²) >= 11 is 0. The highest BCUT2D eigenvalue weighted by atomic mass is 19.3. The first-order valence-electron chi connectivity index (χ1n) is 18.5. The number of likely N-dealkylation sites (tertiary alicyclic amines) is 1. The van der Waals surface area contributed by atoms with Crippen LogP contribution in [0.25, 0.3) is 11.1 Å². The fourth-order valence-corrected chi connectivity index (χ4v) is 8.27. The van der Waals surface area contributed by atoms with Crippen LogP contribution < -0.4 is 4.90 Å². The summed E-state index contributed by atoms with van der Waals surface area (Å²) in [6, 6.07) is 3.76. The van der Waals surface area contributed by atoms with Gasteiger partial charge < -0.3 is 24.2 Å². The van der Waals surface area contributed by atoms with E-state index in [4.69, 9.17) is 14.6 Å². The maximum Gasteiger partial charge on any atom is 0.410 e. The molecular formula is C38H51F2N7O4. The minimum Gasteiger partial charge on any atom is -0.444 e. The molecule has 51 heavy (non-hydrogen) atoms. The highest BCUT2D eigenvalue weighted by Crippen LogP contribution is 2.44. The van der Waals surface area contributed by atoms with E-state index >= 15 is 0 Å². The summed E-state index contributed by atoms with van der Waals surface area (Å²) in [5.74, 6) is 0.801. The number of fused-ring (bicyclic) bond motifs is 2. The molecule has 0 atom stereocenters. The molecule has 11 nitrogen and oxygen atoms in total. The number of nitrogens with zero attached hydrogens (tertiary/aromatic N) is 7. The van der Waals surface area contributed by atoms with Gasteiger partial charge in [-0.15, -0.1) is 0 Å². The Labute approximate surface area is 298 Å². The zero-order valence-corrected chi connectivity index (χ0v) is 30.5. The zero-order chi connectivity index (χ0) is 36.0. The summed E-state index contributed by atoms with van der Waals surface area (Å²) in [7, 11) is 1.79. The average molecular weight is 708 g/mol. The summed E-state index contributed by atoms with van der Waals surface area (Å²) < 4.78 is 45.2. The van der Waals surface area contributed by atoms with Crippen LogP contribution >= 0.6 is 0 Å². The average Bonchev–Trinajstić information content (AvgIpc) is 3.70. The molecule has 0 spiro atoms. The highest BCUT2D eigenvalue weighted by molar-refractivity contribution is 5.78. The molecule has 4 aliphatic rings. The van der Waals surface area contributed by atoms with E-state index in [1.807, 2.05) is 31.7 Å². The van der Waals surface area contributed by atoms with Crippen LogP contribution in [-0.4, -0.2) is 85.3 Å². The normalized spacial score (nSPS) is 21.5. The molecule has 1 saturated heterocycles. The molecule has 1 aliphatic carbocycles. The number of carbonyl (C=O) groups is 2. The fourth-order valence-electron chi connectivity index (χ4n) is 8.27. The minimum absolute atomic E-state index is 0.0128. The van der Waals surface area contributed by atoms with Crippen LogP contribution in [-0.2, 0) is 40.7 Å². The number of alkyl halides is 2. The van der Waals surface area contributed by atoms with E-state index in [2.05, 4.69) is 14.7 Å². The summed E-state index contributed by atoms with van der Waals surface area (Å²) in [5.41, 5.74) is 4.63. The van der Waals surface area contributed by atoms with Crippen molar-refractivity contribution in [2.24, 2.45) is 7.05 Å². The van der Waals surface area contributed by atoms with Gasteiger partial charge in [0.05, 0.1) is 31.0 Å². The summed E-state index contributed by atoms with van der Waals surface area (Å²) in [4.78, 5) is 30.8. The summed E-state index contributed by atoms with van der Waals surface area (Å²) in [5, 5.41) is 9.52. The Morgan fingerprint density at radius 3 is 2.31 bits per heavy atom. The largest absolute Gasteiger partial charge is 0.444 e. The first kappa shape index (κ1) is 35.4. The van der Waals surface area contributed by atoms with E-state index in [9.17, 15) is 18.4 Å². The molecule has 3 aromatic rings. The van der Waals surface area contributed by atoms with Gasteiger partial charge in [-0.3, -0.25) is 14.2 Å². The molecule has 1 saturated carbocycles. The van der Waals surface area contributed by atoms with E-state index in [0.717, 1.165) is 79.7 Å². The van der Waals surface area contributed by atoms with E-state index in [1.165, 1.54) is 0 Å². The maximum atomic E-state index is 14.6. The lowest BCUT2D eigenvalue weighted by Crippen LogP contribution is -2.44. The van der Waals surface area contributed by atoms with Gasteiger partial charge in [0.1, 0.15) is 5.60 Å². The second kappa shape index (κ2) is 14.2. The molecule has 5 heterocycles.